The molecule has 0 fully saturated rings. The summed E-state index contributed by atoms with van der Waals surface area (Å²) in [6.45, 7) is 0. The Morgan fingerprint density at radius 3 is 1.38 bits per heavy atom. The van der Waals surface area contributed by atoms with Gasteiger partial charge in [-0.2, -0.15) is 0 Å². The van der Waals surface area contributed by atoms with E-state index in [0.717, 1.165) is 25.7 Å². The second kappa shape index (κ2) is 14.0. The molecule has 2 aromatic carbocycles. The third-order valence-corrected chi connectivity index (χ3v) is 4.36. The van der Waals surface area contributed by atoms with Gasteiger partial charge in [-0.3, -0.25) is 0 Å². The normalized spacial score (nSPS) is 18.4. The van der Waals surface area contributed by atoms with E-state index in [1.807, 2.05) is 0 Å². The maximum atomic E-state index is 8.33. The Labute approximate surface area is 239 Å². The molecule has 0 bridgehead atoms. The molecule has 0 aromatic heterocycles. The van der Waals surface area contributed by atoms with Gasteiger partial charge in [-0.1, -0.05) is 48.5 Å². The number of carboxylic acid groups (broad SMARTS) is 2. The van der Waals surface area contributed by atoms with Crippen molar-refractivity contribution in [2.45, 2.75) is 37.8 Å². The van der Waals surface area contributed by atoms with Crippen molar-refractivity contribution in [1.29, 1.82) is 0 Å². The number of rotatable bonds is 0. The zero-order valence-electron chi connectivity index (χ0n) is 15.5. The zero-order valence-corrected chi connectivity index (χ0v) is 21.7. The summed E-state index contributed by atoms with van der Waals surface area (Å²) in [6, 6.07) is 17.5. The molecular formula is C19H22K2N2O3. The number of nitrogens with two attached hydrogens (primary N) is 2. The molecule has 0 aliphatic heterocycles. The topological polar surface area (TPSA) is 115 Å². The Hall–Kier alpha value is 0.903. The van der Waals surface area contributed by atoms with E-state index in [9.17, 15) is 0 Å². The molecule has 0 radical (unpaired) electrons. The molecule has 0 saturated heterocycles. The molecule has 0 saturated carbocycles. The van der Waals surface area contributed by atoms with Gasteiger partial charge in [-0.25, -0.2) is 0 Å². The van der Waals surface area contributed by atoms with Gasteiger partial charge in [0.25, 0.3) is 0 Å². The van der Waals surface area contributed by atoms with Crippen molar-refractivity contribution in [1.82, 2.24) is 0 Å². The molecule has 128 valence electrons. The van der Waals surface area contributed by atoms with Crippen molar-refractivity contribution in [3.63, 3.8) is 0 Å². The molecular weight excluding hydrogens is 382 g/mol. The first kappa shape index (κ1) is 26.9. The summed E-state index contributed by atoms with van der Waals surface area (Å²) in [4.78, 5) is 8.33. The van der Waals surface area contributed by atoms with Gasteiger partial charge < -0.3 is 26.5 Å². The van der Waals surface area contributed by atoms with E-state index in [-0.39, 0.29) is 103 Å². The molecule has 2 unspecified atom stereocenters. The van der Waals surface area contributed by atoms with Gasteiger partial charge in [0.05, 0.1) is 0 Å². The molecule has 0 heterocycles. The average Bonchev–Trinajstić information content (AvgIpc) is 3.13. The second-order valence-corrected chi connectivity index (χ2v) is 5.94. The SMILES string of the molecule is NC1CCc2ccccc21.NC1CCc2ccccc21.O=C([O-])[O-].[K+].[K+]. The van der Waals surface area contributed by atoms with Crippen LogP contribution in [0, 0.1) is 0 Å². The standard InChI is InChI=1S/2C9H11N.CH2O3.2K/c2*10-9-6-5-7-3-1-2-4-8(7)9;2-1(3)4;;/h2*1-4,9H,5-6,10H2;(H2,2,3,4);;/q;;;2*+1/p-2. The average molecular weight is 405 g/mol. The van der Waals surface area contributed by atoms with Gasteiger partial charge >= 0.3 is 103 Å². The molecule has 7 heteroatoms. The van der Waals surface area contributed by atoms with Crippen LogP contribution in [0.25, 0.3) is 0 Å². The van der Waals surface area contributed by atoms with Crippen molar-refractivity contribution in [3.8, 4) is 0 Å². The van der Waals surface area contributed by atoms with E-state index in [1.54, 1.807) is 0 Å². The van der Waals surface area contributed by atoms with E-state index >= 15 is 0 Å². The minimum atomic E-state index is -2.33. The first-order valence-corrected chi connectivity index (χ1v) is 8.03. The number of fused-ring (bicyclic) bond motifs is 2. The summed E-state index contributed by atoms with van der Waals surface area (Å²) in [5.74, 6) is 0. The fourth-order valence-corrected chi connectivity index (χ4v) is 3.18. The quantitative estimate of drug-likeness (QED) is 0.426. The maximum absolute atomic E-state index is 8.33. The van der Waals surface area contributed by atoms with Crippen LogP contribution < -0.4 is 124 Å². The van der Waals surface area contributed by atoms with Gasteiger partial charge in [-0.05, 0) is 54.1 Å². The summed E-state index contributed by atoms with van der Waals surface area (Å²) >= 11 is 0. The second-order valence-electron chi connectivity index (χ2n) is 5.94. The number of carbonyl (C=O) groups is 1. The van der Waals surface area contributed by atoms with Gasteiger partial charge in [0.2, 0.25) is 0 Å². The smallest absolute Gasteiger partial charge is 0.652 e. The Morgan fingerprint density at radius 2 is 1.08 bits per heavy atom. The molecule has 4 rings (SSSR count). The number of hydrogen-bond acceptors (Lipinski definition) is 5. The van der Waals surface area contributed by atoms with Crippen LogP contribution in [0.5, 0.6) is 0 Å². The molecule has 2 atom stereocenters. The molecule has 26 heavy (non-hydrogen) atoms. The third kappa shape index (κ3) is 8.50. The van der Waals surface area contributed by atoms with E-state index in [0.29, 0.717) is 12.1 Å². The fraction of sp³-hybridized carbons (Fsp3) is 0.316. The van der Waals surface area contributed by atoms with E-state index in [2.05, 4.69) is 48.5 Å². The first-order valence-electron chi connectivity index (χ1n) is 8.03. The van der Waals surface area contributed by atoms with Crippen molar-refractivity contribution in [2.75, 3.05) is 0 Å². The van der Waals surface area contributed by atoms with Gasteiger partial charge in [0.15, 0.2) is 0 Å². The molecule has 2 aliphatic carbocycles. The number of hydrogen-bond donors (Lipinski definition) is 2. The van der Waals surface area contributed by atoms with Crippen LogP contribution >= 0.6 is 0 Å². The molecule has 0 amide bonds. The largest absolute Gasteiger partial charge is 1.00 e. The Kier molecular flexibility index (Phi) is 14.5. The number of benzene rings is 2. The first-order chi connectivity index (χ1) is 11.5. The molecule has 2 aromatic rings. The summed E-state index contributed by atoms with van der Waals surface area (Å²) in [5.41, 5.74) is 17.3. The Morgan fingerprint density at radius 1 is 0.769 bits per heavy atom. The van der Waals surface area contributed by atoms with Crippen LogP contribution in [0.1, 0.15) is 47.2 Å². The molecule has 4 N–H and O–H groups in total. The minimum Gasteiger partial charge on any atom is -0.652 e. The van der Waals surface area contributed by atoms with Gasteiger partial charge in [0, 0.05) is 12.1 Å². The van der Waals surface area contributed by atoms with Crippen molar-refractivity contribution < 1.29 is 118 Å². The zero-order chi connectivity index (χ0) is 17.5. The molecule has 5 nitrogen and oxygen atoms in total. The number of aryl methyl sites for hydroxylation is 2. The minimum absolute atomic E-state index is 0. The Bertz CT molecular complexity index is 640. The third-order valence-electron chi connectivity index (χ3n) is 4.36. The van der Waals surface area contributed by atoms with E-state index < -0.39 is 6.16 Å². The Balaban J connectivity index is 0.000000378. The van der Waals surface area contributed by atoms with Crippen LogP contribution in [0.2, 0.25) is 0 Å². The molecule has 0 spiro atoms. The predicted molar refractivity (Wildman–Crippen MR) is 88.8 cm³/mol. The monoisotopic (exact) mass is 404 g/mol. The van der Waals surface area contributed by atoms with E-state index in [1.165, 1.54) is 22.3 Å². The van der Waals surface area contributed by atoms with Gasteiger partial charge in [-0.15, -0.1) is 0 Å². The predicted octanol–water partition coefficient (Wildman–Crippen LogP) is -5.17. The summed E-state index contributed by atoms with van der Waals surface area (Å²) in [5, 5.41) is 16.7. The van der Waals surface area contributed by atoms with Crippen molar-refractivity contribution in [3.05, 3.63) is 70.8 Å². The fourth-order valence-electron chi connectivity index (χ4n) is 3.18. The van der Waals surface area contributed by atoms with Crippen LogP contribution in [0.15, 0.2) is 48.5 Å². The molecule has 2 aliphatic rings. The van der Waals surface area contributed by atoms with Crippen LogP contribution in [-0.4, -0.2) is 6.16 Å². The van der Waals surface area contributed by atoms with E-state index in [4.69, 9.17) is 26.5 Å². The van der Waals surface area contributed by atoms with Crippen LogP contribution in [0.4, 0.5) is 4.79 Å². The summed E-state index contributed by atoms with van der Waals surface area (Å²) < 4.78 is 0. The summed E-state index contributed by atoms with van der Waals surface area (Å²) in [6.07, 6.45) is 2.24. The summed E-state index contributed by atoms with van der Waals surface area (Å²) in [7, 11) is 0. The van der Waals surface area contributed by atoms with Gasteiger partial charge in [0.1, 0.15) is 0 Å². The maximum Gasteiger partial charge on any atom is 1.00 e. The van der Waals surface area contributed by atoms with Crippen molar-refractivity contribution in [2.24, 2.45) is 11.5 Å². The van der Waals surface area contributed by atoms with Crippen LogP contribution in [-0.2, 0) is 12.8 Å². The van der Waals surface area contributed by atoms with Crippen molar-refractivity contribution >= 4 is 6.16 Å². The van der Waals surface area contributed by atoms with Crippen LogP contribution in [0.3, 0.4) is 0 Å². The number of carbonyl (C=O) groups excluding carboxylic acids is 1.